The molecule has 2 aromatic carbocycles. The number of halogens is 2. The van der Waals surface area contributed by atoms with E-state index in [-0.39, 0.29) is 5.91 Å². The lowest BCUT2D eigenvalue weighted by Gasteiger charge is -2.13. The molecular weight excluding hydrogens is 352 g/mol. The van der Waals surface area contributed by atoms with Gasteiger partial charge in [0, 0.05) is 21.7 Å². The number of carbonyl (C=O) groups is 1. The van der Waals surface area contributed by atoms with Crippen LogP contribution in [0.2, 0.25) is 5.02 Å². The fourth-order valence-corrected chi connectivity index (χ4v) is 2.52. The molecule has 0 atom stereocenters. The average molecular weight is 368 g/mol. The van der Waals surface area contributed by atoms with E-state index >= 15 is 0 Å². The van der Waals surface area contributed by atoms with Crippen molar-refractivity contribution in [3.63, 3.8) is 0 Å². The summed E-state index contributed by atoms with van der Waals surface area (Å²) in [5.74, 6) is -0.195. The maximum Gasteiger partial charge on any atom is 0.257 e. The van der Waals surface area contributed by atoms with E-state index < -0.39 is 0 Å². The third kappa shape index (κ3) is 3.77. The summed E-state index contributed by atoms with van der Waals surface area (Å²) in [5.41, 5.74) is 3.09. The predicted octanol–water partition coefficient (Wildman–Crippen LogP) is 5.10. The van der Waals surface area contributed by atoms with Crippen LogP contribution in [0.25, 0.3) is 0 Å². The Kier molecular flexibility index (Phi) is 5.26. The summed E-state index contributed by atoms with van der Waals surface area (Å²) in [6.45, 7) is 4.69. The second-order valence-electron chi connectivity index (χ2n) is 4.61. The fourth-order valence-electron chi connectivity index (χ4n) is 1.98. The number of carbonyl (C=O) groups excluding carboxylic acids is 1. The molecule has 0 bridgehead atoms. The van der Waals surface area contributed by atoms with Crippen LogP contribution in [0.3, 0.4) is 0 Å². The minimum absolute atomic E-state index is 0.195. The molecule has 2 aromatic rings. The monoisotopic (exact) mass is 366 g/mol. The first-order valence-corrected chi connectivity index (χ1v) is 7.80. The molecule has 2 rings (SSSR count). The Bertz CT molecular complexity index is 673. The molecule has 2 N–H and O–H groups in total. The highest BCUT2D eigenvalue weighted by Gasteiger charge is 2.14. The molecule has 0 aliphatic rings. The third-order valence-electron chi connectivity index (χ3n) is 3.03. The van der Waals surface area contributed by atoms with Crippen LogP contribution in [0.5, 0.6) is 0 Å². The number of nitrogens with one attached hydrogen (secondary N) is 2. The molecular formula is C16H16BrClN2O. The number of amides is 1. The molecule has 3 nitrogen and oxygen atoms in total. The van der Waals surface area contributed by atoms with Crippen molar-refractivity contribution >= 4 is 44.8 Å². The van der Waals surface area contributed by atoms with Gasteiger partial charge in [-0.2, -0.15) is 0 Å². The van der Waals surface area contributed by atoms with Crippen molar-refractivity contribution in [3.05, 3.63) is 57.0 Å². The molecule has 0 aromatic heterocycles. The molecule has 0 radical (unpaired) electrons. The number of hydrogen-bond donors (Lipinski definition) is 2. The lowest BCUT2D eigenvalue weighted by atomic mass is 10.1. The van der Waals surface area contributed by atoms with Crippen molar-refractivity contribution in [2.45, 2.75) is 13.8 Å². The van der Waals surface area contributed by atoms with Crippen LogP contribution in [0.15, 0.2) is 40.9 Å². The highest BCUT2D eigenvalue weighted by molar-refractivity contribution is 9.10. The largest absolute Gasteiger partial charge is 0.385 e. The van der Waals surface area contributed by atoms with E-state index in [4.69, 9.17) is 11.6 Å². The standard InChI is InChI=1S/C16H16BrClN2O/c1-3-19-13-8-7-11(18)9-12(13)16(21)20-14-6-4-5-10(2)15(14)17/h4-9,19H,3H2,1-2H3,(H,20,21). The molecule has 0 unspecified atom stereocenters. The van der Waals surface area contributed by atoms with Crippen molar-refractivity contribution in [3.8, 4) is 0 Å². The van der Waals surface area contributed by atoms with E-state index in [0.29, 0.717) is 10.6 Å². The first kappa shape index (κ1) is 15.9. The quantitative estimate of drug-likeness (QED) is 0.790. The zero-order valence-corrected chi connectivity index (χ0v) is 14.2. The average Bonchev–Trinajstić information content (AvgIpc) is 2.46. The van der Waals surface area contributed by atoms with Crippen LogP contribution in [0.1, 0.15) is 22.8 Å². The van der Waals surface area contributed by atoms with Crippen molar-refractivity contribution in [2.75, 3.05) is 17.2 Å². The van der Waals surface area contributed by atoms with Gasteiger partial charge in [-0.1, -0.05) is 23.7 Å². The van der Waals surface area contributed by atoms with E-state index in [2.05, 4.69) is 26.6 Å². The summed E-state index contributed by atoms with van der Waals surface area (Å²) in [5, 5.41) is 6.61. The zero-order chi connectivity index (χ0) is 15.4. The summed E-state index contributed by atoms with van der Waals surface area (Å²) in [6.07, 6.45) is 0. The minimum Gasteiger partial charge on any atom is -0.385 e. The van der Waals surface area contributed by atoms with Crippen molar-refractivity contribution < 1.29 is 4.79 Å². The van der Waals surface area contributed by atoms with Gasteiger partial charge in [-0.05, 0) is 59.6 Å². The molecule has 1 amide bonds. The zero-order valence-electron chi connectivity index (χ0n) is 11.8. The van der Waals surface area contributed by atoms with Gasteiger partial charge in [-0.25, -0.2) is 0 Å². The summed E-state index contributed by atoms with van der Waals surface area (Å²) in [6, 6.07) is 11.0. The van der Waals surface area contributed by atoms with Crippen LogP contribution < -0.4 is 10.6 Å². The van der Waals surface area contributed by atoms with Gasteiger partial charge < -0.3 is 10.6 Å². The van der Waals surface area contributed by atoms with Gasteiger partial charge in [0.2, 0.25) is 0 Å². The molecule has 110 valence electrons. The molecule has 0 saturated heterocycles. The maximum absolute atomic E-state index is 12.5. The Balaban J connectivity index is 2.32. The maximum atomic E-state index is 12.5. The van der Waals surface area contributed by atoms with Crippen LogP contribution in [0, 0.1) is 6.92 Å². The number of hydrogen-bond acceptors (Lipinski definition) is 2. The third-order valence-corrected chi connectivity index (χ3v) is 4.32. The molecule has 0 heterocycles. The summed E-state index contributed by atoms with van der Waals surface area (Å²) >= 11 is 9.49. The van der Waals surface area contributed by atoms with Crippen LogP contribution >= 0.6 is 27.5 Å². The summed E-state index contributed by atoms with van der Waals surface area (Å²) in [7, 11) is 0. The van der Waals surface area contributed by atoms with Gasteiger partial charge in [0.25, 0.3) is 5.91 Å². The first-order chi connectivity index (χ1) is 10.0. The van der Waals surface area contributed by atoms with Gasteiger partial charge in [0.05, 0.1) is 11.3 Å². The lowest BCUT2D eigenvalue weighted by Crippen LogP contribution is -2.15. The fraction of sp³-hybridized carbons (Fsp3) is 0.188. The van der Waals surface area contributed by atoms with E-state index in [0.717, 1.165) is 28.0 Å². The van der Waals surface area contributed by atoms with Crippen molar-refractivity contribution in [1.29, 1.82) is 0 Å². The van der Waals surface area contributed by atoms with Gasteiger partial charge in [0.15, 0.2) is 0 Å². The first-order valence-electron chi connectivity index (χ1n) is 6.62. The number of rotatable bonds is 4. The molecule has 21 heavy (non-hydrogen) atoms. The number of benzene rings is 2. The van der Waals surface area contributed by atoms with E-state index in [9.17, 15) is 4.79 Å². The number of aryl methyl sites for hydroxylation is 1. The number of anilines is 2. The van der Waals surface area contributed by atoms with Crippen LogP contribution in [0.4, 0.5) is 11.4 Å². The second kappa shape index (κ2) is 6.96. The Morgan fingerprint density at radius 1 is 1.24 bits per heavy atom. The Hall–Kier alpha value is -1.52. The SMILES string of the molecule is CCNc1ccc(Cl)cc1C(=O)Nc1cccc(C)c1Br. The van der Waals surface area contributed by atoms with E-state index in [1.807, 2.05) is 38.1 Å². The van der Waals surface area contributed by atoms with Gasteiger partial charge in [0.1, 0.15) is 0 Å². The molecule has 0 aliphatic heterocycles. The smallest absolute Gasteiger partial charge is 0.257 e. The Labute approximate surface area is 137 Å². The van der Waals surface area contributed by atoms with Crippen LogP contribution in [-0.4, -0.2) is 12.5 Å². The Morgan fingerprint density at radius 3 is 2.71 bits per heavy atom. The normalized spacial score (nSPS) is 10.3. The Morgan fingerprint density at radius 2 is 2.00 bits per heavy atom. The van der Waals surface area contributed by atoms with E-state index in [1.54, 1.807) is 12.1 Å². The lowest BCUT2D eigenvalue weighted by molar-refractivity contribution is 0.102. The topological polar surface area (TPSA) is 41.1 Å². The van der Waals surface area contributed by atoms with Crippen LogP contribution in [-0.2, 0) is 0 Å². The minimum atomic E-state index is -0.195. The second-order valence-corrected chi connectivity index (χ2v) is 5.84. The molecule has 0 saturated carbocycles. The molecule has 5 heteroatoms. The molecule has 0 fully saturated rings. The van der Waals surface area contributed by atoms with E-state index in [1.165, 1.54) is 0 Å². The van der Waals surface area contributed by atoms with Gasteiger partial charge in [-0.3, -0.25) is 4.79 Å². The van der Waals surface area contributed by atoms with Crippen molar-refractivity contribution in [1.82, 2.24) is 0 Å². The van der Waals surface area contributed by atoms with Gasteiger partial charge >= 0.3 is 0 Å². The van der Waals surface area contributed by atoms with Crippen molar-refractivity contribution in [2.24, 2.45) is 0 Å². The van der Waals surface area contributed by atoms with Gasteiger partial charge in [-0.15, -0.1) is 0 Å². The highest BCUT2D eigenvalue weighted by Crippen LogP contribution is 2.27. The molecule has 0 spiro atoms. The predicted molar refractivity (Wildman–Crippen MR) is 92.4 cm³/mol. The summed E-state index contributed by atoms with van der Waals surface area (Å²) in [4.78, 5) is 12.5. The summed E-state index contributed by atoms with van der Waals surface area (Å²) < 4.78 is 0.880. The highest BCUT2D eigenvalue weighted by atomic mass is 79.9. The molecule has 0 aliphatic carbocycles.